The molecular formula is C27H30FN5O5S. The molecule has 2 bridgehead atoms. The molecule has 2 saturated carbocycles. The molecule has 2 aliphatic carbocycles. The van der Waals surface area contributed by atoms with Gasteiger partial charge in [0.15, 0.2) is 22.5 Å². The van der Waals surface area contributed by atoms with Gasteiger partial charge in [-0.25, -0.2) is 4.39 Å². The highest BCUT2D eigenvalue weighted by atomic mass is 32.2. The fraction of sp³-hybridized carbons (Fsp3) is 0.444. The summed E-state index contributed by atoms with van der Waals surface area (Å²) in [6, 6.07) is 10.5. The van der Waals surface area contributed by atoms with Gasteiger partial charge in [0, 0.05) is 6.04 Å². The van der Waals surface area contributed by atoms with Gasteiger partial charge in [0.25, 0.3) is 5.69 Å². The normalized spacial score (nSPS) is 20.5. The van der Waals surface area contributed by atoms with E-state index < -0.39 is 16.6 Å². The van der Waals surface area contributed by atoms with Crippen molar-refractivity contribution in [1.82, 2.24) is 14.8 Å². The first kappa shape index (κ1) is 26.9. The van der Waals surface area contributed by atoms with E-state index in [2.05, 4.69) is 22.4 Å². The Balaban J connectivity index is 1.32. The third kappa shape index (κ3) is 5.85. The molecule has 12 heteroatoms. The van der Waals surface area contributed by atoms with Crippen LogP contribution in [0.15, 0.2) is 47.6 Å². The minimum absolute atomic E-state index is 0.0288. The topological polar surface area (TPSA) is 121 Å². The molecule has 2 fully saturated rings. The first-order valence-electron chi connectivity index (χ1n) is 12.9. The lowest BCUT2D eigenvalue weighted by molar-refractivity contribution is -0.384. The van der Waals surface area contributed by atoms with Crippen molar-refractivity contribution in [3.63, 3.8) is 0 Å². The zero-order valence-electron chi connectivity index (χ0n) is 21.7. The summed E-state index contributed by atoms with van der Waals surface area (Å²) in [6.45, 7) is 2.18. The molecule has 206 valence electrons. The number of anilines is 1. The molecule has 2 aromatic carbocycles. The molecule has 0 spiro atoms. The number of nitrogens with zero attached hydrogens (tertiary/aromatic N) is 4. The van der Waals surface area contributed by atoms with Crippen molar-refractivity contribution in [2.75, 3.05) is 18.2 Å². The van der Waals surface area contributed by atoms with E-state index in [0.29, 0.717) is 28.6 Å². The number of carbonyl (C=O) groups excluding carboxylic acids is 1. The van der Waals surface area contributed by atoms with E-state index in [0.717, 1.165) is 12.3 Å². The smallest absolute Gasteiger partial charge is 0.296 e. The number of halogens is 1. The highest BCUT2D eigenvalue weighted by Gasteiger charge is 2.43. The molecule has 2 aliphatic rings. The summed E-state index contributed by atoms with van der Waals surface area (Å²) in [7, 11) is 1.41. The van der Waals surface area contributed by atoms with Crippen LogP contribution in [-0.4, -0.2) is 38.5 Å². The van der Waals surface area contributed by atoms with E-state index in [1.54, 1.807) is 24.3 Å². The fourth-order valence-corrected chi connectivity index (χ4v) is 6.75. The molecule has 1 aromatic heterocycles. The molecule has 3 aromatic rings. The standard InChI is InChI=1S/C27H30FN5O5S/c1-16(20-12-17-7-8-18(20)11-17)32-25(14-38-24-6-4-3-5-21(24)28)30-31-27(32)39-15-26(34)29-22-10-9-19(37-2)13-23(22)33(35)36/h3-6,9-10,13,16-18,20H,7-8,11-12,14-15H2,1-2H3,(H,29,34). The molecule has 39 heavy (non-hydrogen) atoms. The second-order valence-electron chi connectivity index (χ2n) is 10.0. The maximum atomic E-state index is 14.1. The number of hydrogen-bond donors (Lipinski definition) is 1. The number of nitrogens with one attached hydrogen (secondary N) is 1. The summed E-state index contributed by atoms with van der Waals surface area (Å²) in [5.74, 6) is 1.96. The van der Waals surface area contributed by atoms with Gasteiger partial charge < -0.3 is 14.8 Å². The summed E-state index contributed by atoms with van der Waals surface area (Å²) in [5, 5.41) is 23.3. The lowest BCUT2D eigenvalue weighted by Gasteiger charge is -2.30. The number of thioether (sulfide) groups is 1. The molecular weight excluding hydrogens is 525 g/mol. The molecule has 10 nitrogen and oxygen atoms in total. The lowest BCUT2D eigenvalue weighted by atomic mass is 9.84. The van der Waals surface area contributed by atoms with Gasteiger partial charge in [-0.05, 0) is 68.2 Å². The van der Waals surface area contributed by atoms with Crippen LogP contribution in [0.2, 0.25) is 0 Å². The van der Waals surface area contributed by atoms with Crippen LogP contribution in [0.4, 0.5) is 15.8 Å². The van der Waals surface area contributed by atoms with Crippen LogP contribution in [-0.2, 0) is 11.4 Å². The number of nitro groups is 1. The van der Waals surface area contributed by atoms with Crippen molar-refractivity contribution in [1.29, 1.82) is 0 Å². The monoisotopic (exact) mass is 555 g/mol. The molecule has 4 unspecified atom stereocenters. The molecule has 0 radical (unpaired) electrons. The number of nitro benzene ring substituents is 1. The molecule has 1 heterocycles. The third-order valence-electron chi connectivity index (χ3n) is 7.76. The third-order valence-corrected chi connectivity index (χ3v) is 8.70. The molecule has 1 N–H and O–H groups in total. The van der Waals surface area contributed by atoms with Crippen LogP contribution in [0.5, 0.6) is 11.5 Å². The van der Waals surface area contributed by atoms with Gasteiger partial charge in [0.05, 0.1) is 23.9 Å². The van der Waals surface area contributed by atoms with Crippen LogP contribution < -0.4 is 14.8 Å². The van der Waals surface area contributed by atoms with Gasteiger partial charge in [0.1, 0.15) is 18.0 Å². The number of ether oxygens (including phenoxy) is 2. The summed E-state index contributed by atoms with van der Waals surface area (Å²) in [5.41, 5.74) is -0.171. The number of rotatable bonds is 11. The highest BCUT2D eigenvalue weighted by Crippen LogP contribution is 2.52. The number of fused-ring (bicyclic) bond motifs is 2. The van der Waals surface area contributed by atoms with Crippen molar-refractivity contribution < 1.29 is 23.6 Å². The van der Waals surface area contributed by atoms with Crippen LogP contribution in [0.25, 0.3) is 0 Å². The molecule has 4 atom stereocenters. The summed E-state index contributed by atoms with van der Waals surface area (Å²) < 4.78 is 27.0. The second kappa shape index (κ2) is 11.6. The number of hydrogen-bond acceptors (Lipinski definition) is 8. The Hall–Kier alpha value is -3.67. The predicted molar refractivity (Wildman–Crippen MR) is 143 cm³/mol. The van der Waals surface area contributed by atoms with Crippen molar-refractivity contribution in [3.8, 4) is 11.5 Å². The average Bonchev–Trinajstić information content (AvgIpc) is 3.67. The summed E-state index contributed by atoms with van der Waals surface area (Å²) >= 11 is 1.20. The maximum Gasteiger partial charge on any atom is 0.296 e. The minimum Gasteiger partial charge on any atom is -0.496 e. The van der Waals surface area contributed by atoms with Crippen molar-refractivity contribution in [2.24, 2.45) is 17.8 Å². The Morgan fingerprint density at radius 2 is 2.08 bits per heavy atom. The van der Waals surface area contributed by atoms with Gasteiger partial charge in [-0.15, -0.1) is 10.2 Å². The van der Waals surface area contributed by atoms with E-state index in [1.807, 2.05) is 4.57 Å². The summed E-state index contributed by atoms with van der Waals surface area (Å²) in [4.78, 5) is 23.7. The Bertz CT molecular complexity index is 1370. The van der Waals surface area contributed by atoms with E-state index in [-0.39, 0.29) is 35.5 Å². The Morgan fingerprint density at radius 3 is 2.77 bits per heavy atom. The molecule has 0 aliphatic heterocycles. The van der Waals surface area contributed by atoms with E-state index >= 15 is 0 Å². The van der Waals surface area contributed by atoms with Crippen molar-refractivity contribution >= 4 is 29.0 Å². The van der Waals surface area contributed by atoms with Gasteiger partial charge in [-0.1, -0.05) is 30.3 Å². The average molecular weight is 556 g/mol. The summed E-state index contributed by atoms with van der Waals surface area (Å²) in [6.07, 6.45) is 4.88. The van der Waals surface area contributed by atoms with Gasteiger partial charge in [0.2, 0.25) is 5.91 Å². The first-order valence-corrected chi connectivity index (χ1v) is 13.9. The fourth-order valence-electron chi connectivity index (χ4n) is 5.91. The van der Waals surface area contributed by atoms with E-state index in [4.69, 9.17) is 9.47 Å². The first-order chi connectivity index (χ1) is 18.8. The second-order valence-corrected chi connectivity index (χ2v) is 11.0. The molecule has 0 saturated heterocycles. The lowest BCUT2D eigenvalue weighted by Crippen LogP contribution is -2.25. The zero-order valence-corrected chi connectivity index (χ0v) is 22.5. The Morgan fingerprint density at radius 1 is 1.26 bits per heavy atom. The predicted octanol–water partition coefficient (Wildman–Crippen LogP) is 5.64. The van der Waals surface area contributed by atoms with Crippen LogP contribution in [0.1, 0.15) is 44.5 Å². The Labute approximate surface area is 229 Å². The minimum atomic E-state index is -0.569. The van der Waals surface area contributed by atoms with Gasteiger partial charge in [-0.2, -0.15) is 0 Å². The largest absolute Gasteiger partial charge is 0.496 e. The van der Waals surface area contributed by atoms with Crippen LogP contribution in [0, 0.1) is 33.7 Å². The van der Waals surface area contributed by atoms with Crippen molar-refractivity contribution in [3.05, 3.63) is 64.2 Å². The van der Waals surface area contributed by atoms with Crippen LogP contribution in [0.3, 0.4) is 0 Å². The SMILES string of the molecule is COc1ccc(NC(=O)CSc2nnc(COc3ccccc3F)n2C(C)C2CC3CCC2C3)c([N+](=O)[O-])c1. The number of methoxy groups -OCH3 is 1. The van der Waals surface area contributed by atoms with Crippen molar-refractivity contribution in [2.45, 2.75) is 50.4 Å². The number of aromatic nitrogens is 3. The molecule has 5 rings (SSSR count). The Kier molecular flexibility index (Phi) is 8.01. The zero-order chi connectivity index (χ0) is 27.5. The number of carbonyl (C=O) groups is 1. The van der Waals surface area contributed by atoms with E-state index in [1.165, 1.54) is 56.3 Å². The number of benzene rings is 2. The number of amides is 1. The quantitative estimate of drug-likeness (QED) is 0.183. The van der Waals surface area contributed by atoms with Gasteiger partial charge in [-0.3, -0.25) is 19.5 Å². The highest BCUT2D eigenvalue weighted by molar-refractivity contribution is 7.99. The van der Waals surface area contributed by atoms with Crippen LogP contribution >= 0.6 is 11.8 Å². The van der Waals surface area contributed by atoms with E-state index in [9.17, 15) is 19.3 Å². The van der Waals surface area contributed by atoms with Gasteiger partial charge >= 0.3 is 0 Å². The maximum absolute atomic E-state index is 14.1. The number of para-hydroxylation sites is 1. The molecule has 1 amide bonds.